The van der Waals surface area contributed by atoms with E-state index in [2.05, 4.69) is 237 Å². The fraction of sp³-hybridized carbons (Fsp3) is 0.391. The lowest BCUT2D eigenvalue weighted by Gasteiger charge is -2.36. The van der Waals surface area contributed by atoms with Crippen LogP contribution in [-0.4, -0.2) is 0 Å². The van der Waals surface area contributed by atoms with Crippen LogP contribution in [0.4, 0.5) is 0 Å². The first kappa shape index (κ1) is 64.5. The fourth-order valence-corrected chi connectivity index (χ4v) is 20.7. The molecule has 4 aliphatic rings. The van der Waals surface area contributed by atoms with Crippen LogP contribution in [0.3, 0.4) is 0 Å². The Morgan fingerprint density at radius 1 is 0.202 bits per heavy atom. The third-order valence-corrected chi connectivity index (χ3v) is 26.0. The van der Waals surface area contributed by atoms with E-state index in [0.29, 0.717) is 0 Å². The highest BCUT2D eigenvalue weighted by atomic mass is 32.1. The summed E-state index contributed by atoms with van der Waals surface area (Å²) in [6, 6.07) is 73.5. The average molecular weight is 1270 g/mol. The van der Waals surface area contributed by atoms with Crippen molar-refractivity contribution in [1.82, 2.24) is 0 Å². The summed E-state index contributed by atoms with van der Waals surface area (Å²) in [5, 5.41) is 0. The smallest absolute Gasteiger partial charge is 0.0449 e. The maximum absolute atomic E-state index is 2.83. The number of hydrogen-bond donors (Lipinski definition) is 0. The van der Waals surface area contributed by atoms with Crippen LogP contribution in [0.1, 0.15) is 254 Å². The van der Waals surface area contributed by atoms with E-state index >= 15 is 0 Å². The molecule has 94 heavy (non-hydrogen) atoms. The van der Waals surface area contributed by atoms with Crippen LogP contribution in [0, 0.1) is 0 Å². The zero-order chi connectivity index (χ0) is 64.6. The second-order valence-electron chi connectivity index (χ2n) is 29.1. The first-order valence-electron chi connectivity index (χ1n) is 37.5. The Hall–Kier alpha value is -6.84. The molecule has 2 heteroatoms. The van der Waals surface area contributed by atoms with Crippen LogP contribution in [0.25, 0.3) is 97.4 Å². The van der Waals surface area contributed by atoms with E-state index in [1.807, 2.05) is 22.7 Å². The number of hydrogen-bond acceptors (Lipinski definition) is 2. The van der Waals surface area contributed by atoms with Crippen molar-refractivity contribution in [3.05, 3.63) is 226 Å². The maximum atomic E-state index is 2.83. The van der Waals surface area contributed by atoms with Crippen LogP contribution in [0.5, 0.6) is 0 Å². The van der Waals surface area contributed by atoms with Gasteiger partial charge in [0.25, 0.3) is 0 Å². The molecule has 0 aliphatic heterocycles. The van der Waals surface area contributed by atoms with E-state index in [4.69, 9.17) is 0 Å². The summed E-state index contributed by atoms with van der Waals surface area (Å²) in [6.45, 7) is 19.2. The zero-order valence-corrected chi connectivity index (χ0v) is 59.7. The predicted octanol–water partition coefficient (Wildman–Crippen LogP) is 28.7. The predicted molar refractivity (Wildman–Crippen MR) is 410 cm³/mol. The van der Waals surface area contributed by atoms with Crippen molar-refractivity contribution >= 4 is 22.7 Å². The van der Waals surface area contributed by atoms with Gasteiger partial charge in [0.15, 0.2) is 0 Å². The van der Waals surface area contributed by atoms with Gasteiger partial charge in [-0.05, 0) is 234 Å². The Labute approximate surface area is 573 Å². The molecule has 14 rings (SSSR count). The minimum atomic E-state index is -0.0237. The maximum Gasteiger partial charge on any atom is 0.0449 e. The number of fused-ring (bicyclic) bond motifs is 12. The van der Waals surface area contributed by atoms with Crippen LogP contribution in [0.2, 0.25) is 0 Å². The van der Waals surface area contributed by atoms with Crippen molar-refractivity contribution < 1.29 is 0 Å². The molecular formula is C92H102S2. The summed E-state index contributed by atoms with van der Waals surface area (Å²) in [4.78, 5) is 5.49. The normalized spacial score (nSPS) is 15.1. The summed E-state index contributed by atoms with van der Waals surface area (Å²) in [5.74, 6) is 0. The topological polar surface area (TPSA) is 0 Å². The van der Waals surface area contributed by atoms with Gasteiger partial charge in [0.1, 0.15) is 0 Å². The van der Waals surface area contributed by atoms with Crippen molar-refractivity contribution in [3.63, 3.8) is 0 Å². The second-order valence-corrected chi connectivity index (χ2v) is 31.3. The van der Waals surface area contributed by atoms with Gasteiger partial charge in [0.2, 0.25) is 0 Å². The van der Waals surface area contributed by atoms with E-state index < -0.39 is 0 Å². The van der Waals surface area contributed by atoms with Crippen LogP contribution < -0.4 is 0 Å². The van der Waals surface area contributed by atoms with Gasteiger partial charge >= 0.3 is 0 Å². The Kier molecular flexibility index (Phi) is 18.8. The SMILES string of the molecule is CCCCC1(CCCC)c2cc(-c3ccccc3)ccc2-c2cc3c(cc21)C(CCCC)(CCCC)c1cc(-c2ccc(-c4ccc(-c5ccc6c(c5)C(CCCC)(CCCC)c5cc7c(cc5-6)-c5ccc(-c6ccccc6)cc5C7(CCCC)CCCC)s4)s2)ccc1-3. The molecule has 2 heterocycles. The van der Waals surface area contributed by atoms with Gasteiger partial charge in [0, 0.05) is 41.2 Å². The van der Waals surface area contributed by atoms with E-state index in [-0.39, 0.29) is 21.7 Å². The third kappa shape index (κ3) is 10.9. The summed E-state index contributed by atoms with van der Waals surface area (Å²) in [7, 11) is 0. The van der Waals surface area contributed by atoms with Gasteiger partial charge in [0.05, 0.1) is 0 Å². The molecule has 482 valence electrons. The lowest BCUT2D eigenvalue weighted by molar-refractivity contribution is 0.404. The van der Waals surface area contributed by atoms with Gasteiger partial charge in [-0.1, -0.05) is 279 Å². The standard InChI is InChI=1S/C92H102S2/c1-9-17-47-89(48-18-10-2)77-55-65(63-31-27-25-28-32-63)35-39-69(77)73-59-75-71-41-37-67(57-79(71)91(51-21-13-5,52-22-14-6)83(75)61-81(73)89)85-43-45-87(93-85)88-46-44-86(94-88)68-38-42-72-76-60-74-70-40-36-66(64-33-29-26-30-34-64)56-78(70)90(49-19-11-3,50-20-12-4)82(74)62-84(76)92(53-23-15-7,54-24-16-8)80(72)58-68/h25-46,55-62H,9-24,47-54H2,1-8H3. The fourth-order valence-electron chi connectivity index (χ4n) is 18.6. The largest absolute Gasteiger partial charge is 0.134 e. The summed E-state index contributed by atoms with van der Waals surface area (Å²) in [5.41, 5.74) is 32.7. The van der Waals surface area contributed by atoms with E-state index in [0.717, 1.165) is 0 Å². The Morgan fingerprint density at radius 2 is 0.436 bits per heavy atom. The molecule has 0 bridgehead atoms. The molecule has 0 nitrogen and oxygen atoms in total. The van der Waals surface area contributed by atoms with E-state index in [1.165, 1.54) is 251 Å². The molecule has 0 spiro atoms. The molecule has 0 amide bonds. The highest BCUT2D eigenvalue weighted by molar-refractivity contribution is 7.25. The zero-order valence-electron chi connectivity index (χ0n) is 58.1. The molecule has 0 unspecified atom stereocenters. The van der Waals surface area contributed by atoms with Crippen molar-refractivity contribution in [2.45, 2.75) is 231 Å². The molecule has 2 aromatic heterocycles. The highest BCUT2D eigenvalue weighted by Crippen LogP contribution is 2.64. The van der Waals surface area contributed by atoms with E-state index in [9.17, 15) is 0 Å². The second kappa shape index (κ2) is 27.3. The van der Waals surface area contributed by atoms with E-state index in [1.54, 1.807) is 44.5 Å². The number of benzene rings is 8. The molecule has 0 saturated heterocycles. The monoisotopic (exact) mass is 1270 g/mol. The molecular weight excluding hydrogens is 1170 g/mol. The molecule has 8 aromatic carbocycles. The summed E-state index contributed by atoms with van der Waals surface area (Å²) >= 11 is 3.98. The first-order chi connectivity index (χ1) is 46.2. The van der Waals surface area contributed by atoms with Crippen molar-refractivity contribution in [3.8, 4) is 97.4 Å². The average Bonchev–Trinajstić information content (AvgIpc) is 1.54. The van der Waals surface area contributed by atoms with Gasteiger partial charge in [-0.15, -0.1) is 22.7 Å². The number of rotatable bonds is 29. The molecule has 0 saturated carbocycles. The van der Waals surface area contributed by atoms with Gasteiger partial charge in [-0.3, -0.25) is 0 Å². The minimum Gasteiger partial charge on any atom is -0.134 e. The van der Waals surface area contributed by atoms with Crippen LogP contribution in [0.15, 0.2) is 182 Å². The van der Waals surface area contributed by atoms with Crippen molar-refractivity contribution in [2.75, 3.05) is 0 Å². The quantitative estimate of drug-likeness (QED) is 0.0438. The van der Waals surface area contributed by atoms with Gasteiger partial charge in [-0.2, -0.15) is 0 Å². The Bertz CT molecular complexity index is 4020. The number of unbranched alkanes of at least 4 members (excludes halogenated alkanes) is 8. The number of thiophene rings is 2. The third-order valence-electron chi connectivity index (χ3n) is 23.6. The molecule has 10 aromatic rings. The lowest BCUT2D eigenvalue weighted by Crippen LogP contribution is -2.28. The Balaban J connectivity index is 0.828. The first-order valence-corrected chi connectivity index (χ1v) is 39.1. The van der Waals surface area contributed by atoms with Crippen LogP contribution in [-0.2, 0) is 21.7 Å². The Morgan fingerprint density at radius 3 is 0.702 bits per heavy atom. The van der Waals surface area contributed by atoms with Crippen LogP contribution >= 0.6 is 22.7 Å². The molecule has 0 atom stereocenters. The summed E-state index contributed by atoms with van der Waals surface area (Å²) in [6.07, 6.45) is 29.1. The summed E-state index contributed by atoms with van der Waals surface area (Å²) < 4.78 is 0. The van der Waals surface area contributed by atoms with Crippen molar-refractivity contribution in [1.29, 1.82) is 0 Å². The van der Waals surface area contributed by atoms with Crippen molar-refractivity contribution in [2.24, 2.45) is 0 Å². The molecule has 0 fully saturated rings. The molecule has 0 N–H and O–H groups in total. The molecule has 0 radical (unpaired) electrons. The minimum absolute atomic E-state index is 0.00567. The van der Waals surface area contributed by atoms with Gasteiger partial charge < -0.3 is 0 Å². The van der Waals surface area contributed by atoms with Gasteiger partial charge in [-0.25, -0.2) is 0 Å². The molecule has 4 aliphatic carbocycles. The highest BCUT2D eigenvalue weighted by Gasteiger charge is 2.50. The lowest BCUT2D eigenvalue weighted by atomic mass is 9.67.